The van der Waals surface area contributed by atoms with Crippen molar-refractivity contribution in [3.05, 3.63) is 66.1 Å². The summed E-state index contributed by atoms with van der Waals surface area (Å²) in [4.78, 5) is 6.92. The van der Waals surface area contributed by atoms with E-state index in [0.717, 1.165) is 62.9 Å². The predicted molar refractivity (Wildman–Crippen MR) is 116 cm³/mol. The number of guanidine groups is 1. The van der Waals surface area contributed by atoms with Gasteiger partial charge in [0.1, 0.15) is 5.82 Å². The second-order valence-electron chi connectivity index (χ2n) is 7.47. The van der Waals surface area contributed by atoms with E-state index in [9.17, 15) is 0 Å². The van der Waals surface area contributed by atoms with Crippen molar-refractivity contribution >= 4 is 11.6 Å². The number of hydrogen-bond donors (Lipinski definition) is 2. The number of likely N-dealkylation sites (tertiary alicyclic amines) is 1. The van der Waals surface area contributed by atoms with Crippen LogP contribution in [0.25, 0.3) is 5.65 Å². The largest absolute Gasteiger partial charge is 0.356 e. The Kier molecular flexibility index (Phi) is 6.36. The van der Waals surface area contributed by atoms with Gasteiger partial charge in [-0.25, -0.2) is 0 Å². The average molecular weight is 392 g/mol. The minimum absolute atomic E-state index is 0.460. The fourth-order valence-electron chi connectivity index (χ4n) is 3.82. The molecule has 0 amide bonds. The molecule has 0 aliphatic carbocycles. The first-order valence-corrected chi connectivity index (χ1v) is 10.3. The number of pyridine rings is 1. The van der Waals surface area contributed by atoms with Crippen molar-refractivity contribution in [1.82, 2.24) is 30.1 Å². The van der Waals surface area contributed by atoms with E-state index in [2.05, 4.69) is 61.1 Å². The third kappa shape index (κ3) is 5.12. The SMILES string of the molecule is CN=C(NCCc1nnc2ccccn12)NC1CCN(Cc2ccccc2)CC1. The van der Waals surface area contributed by atoms with Gasteiger partial charge in [0.2, 0.25) is 0 Å². The molecule has 152 valence electrons. The Balaban J connectivity index is 1.21. The minimum atomic E-state index is 0.460. The molecule has 7 heteroatoms. The Morgan fingerprint density at radius 3 is 2.66 bits per heavy atom. The molecular formula is C22H29N7. The van der Waals surface area contributed by atoms with Crippen LogP contribution in [-0.4, -0.2) is 58.2 Å². The van der Waals surface area contributed by atoms with Crippen molar-refractivity contribution in [2.45, 2.75) is 31.8 Å². The fourth-order valence-corrected chi connectivity index (χ4v) is 3.82. The molecule has 7 nitrogen and oxygen atoms in total. The van der Waals surface area contributed by atoms with E-state index >= 15 is 0 Å². The summed E-state index contributed by atoms with van der Waals surface area (Å²) in [7, 11) is 1.83. The number of aromatic nitrogens is 3. The molecule has 0 atom stereocenters. The maximum Gasteiger partial charge on any atom is 0.191 e. The molecule has 1 fully saturated rings. The van der Waals surface area contributed by atoms with Gasteiger partial charge in [-0.05, 0) is 30.5 Å². The van der Waals surface area contributed by atoms with Gasteiger partial charge in [0.25, 0.3) is 0 Å². The van der Waals surface area contributed by atoms with Crippen molar-refractivity contribution in [2.75, 3.05) is 26.7 Å². The first-order valence-electron chi connectivity index (χ1n) is 10.3. The van der Waals surface area contributed by atoms with Gasteiger partial charge in [-0.1, -0.05) is 36.4 Å². The normalized spacial score (nSPS) is 16.2. The molecule has 1 aliphatic heterocycles. The molecule has 1 saturated heterocycles. The van der Waals surface area contributed by atoms with E-state index in [4.69, 9.17) is 0 Å². The molecule has 2 N–H and O–H groups in total. The van der Waals surface area contributed by atoms with Crippen LogP contribution >= 0.6 is 0 Å². The van der Waals surface area contributed by atoms with E-state index in [1.54, 1.807) is 0 Å². The van der Waals surface area contributed by atoms with Crippen molar-refractivity contribution in [3.63, 3.8) is 0 Å². The van der Waals surface area contributed by atoms with Crippen LogP contribution in [-0.2, 0) is 13.0 Å². The third-order valence-electron chi connectivity index (χ3n) is 5.43. The van der Waals surface area contributed by atoms with Crippen LogP contribution in [0.4, 0.5) is 0 Å². The van der Waals surface area contributed by atoms with Crippen LogP contribution in [0.3, 0.4) is 0 Å². The summed E-state index contributed by atoms with van der Waals surface area (Å²) < 4.78 is 2.03. The summed E-state index contributed by atoms with van der Waals surface area (Å²) in [6.45, 7) is 4.01. The van der Waals surface area contributed by atoms with Gasteiger partial charge < -0.3 is 10.6 Å². The van der Waals surface area contributed by atoms with E-state index in [-0.39, 0.29) is 0 Å². The van der Waals surface area contributed by atoms with Crippen molar-refractivity contribution < 1.29 is 0 Å². The monoisotopic (exact) mass is 391 g/mol. The summed E-state index contributed by atoms with van der Waals surface area (Å²) in [5, 5.41) is 15.5. The zero-order valence-corrected chi connectivity index (χ0v) is 17.0. The molecule has 29 heavy (non-hydrogen) atoms. The molecule has 3 aromatic rings. The molecule has 0 unspecified atom stereocenters. The summed E-state index contributed by atoms with van der Waals surface area (Å²) in [5.74, 6) is 1.82. The van der Waals surface area contributed by atoms with E-state index in [1.807, 2.05) is 35.8 Å². The molecule has 0 bridgehead atoms. The van der Waals surface area contributed by atoms with Crippen LogP contribution in [0.1, 0.15) is 24.2 Å². The van der Waals surface area contributed by atoms with Gasteiger partial charge in [-0.15, -0.1) is 10.2 Å². The second-order valence-corrected chi connectivity index (χ2v) is 7.47. The summed E-state index contributed by atoms with van der Waals surface area (Å²) >= 11 is 0. The van der Waals surface area contributed by atoms with Crippen LogP contribution < -0.4 is 10.6 Å². The Bertz CT molecular complexity index is 926. The number of hydrogen-bond acceptors (Lipinski definition) is 4. The average Bonchev–Trinajstić information content (AvgIpc) is 3.18. The quantitative estimate of drug-likeness (QED) is 0.497. The molecule has 1 aromatic carbocycles. The molecule has 2 aromatic heterocycles. The molecular weight excluding hydrogens is 362 g/mol. The molecule has 0 radical (unpaired) electrons. The minimum Gasteiger partial charge on any atom is -0.356 e. The number of nitrogens with one attached hydrogen (secondary N) is 2. The van der Waals surface area contributed by atoms with Gasteiger partial charge in [0.05, 0.1) is 0 Å². The maximum absolute atomic E-state index is 4.39. The molecule has 0 spiro atoms. The van der Waals surface area contributed by atoms with Gasteiger partial charge in [0, 0.05) is 51.9 Å². The molecule has 4 rings (SSSR count). The lowest BCUT2D eigenvalue weighted by Gasteiger charge is -2.33. The number of rotatable bonds is 6. The Hall–Kier alpha value is -2.93. The topological polar surface area (TPSA) is 69.8 Å². The number of piperidine rings is 1. The number of nitrogens with zero attached hydrogens (tertiary/aromatic N) is 5. The van der Waals surface area contributed by atoms with Crippen LogP contribution in [0.15, 0.2) is 59.7 Å². The Labute approximate surface area is 171 Å². The Morgan fingerprint density at radius 1 is 1.07 bits per heavy atom. The third-order valence-corrected chi connectivity index (χ3v) is 5.43. The first-order chi connectivity index (χ1) is 14.3. The van der Waals surface area contributed by atoms with Crippen LogP contribution in [0.2, 0.25) is 0 Å². The Morgan fingerprint density at radius 2 is 1.86 bits per heavy atom. The highest BCUT2D eigenvalue weighted by molar-refractivity contribution is 5.79. The first kappa shape index (κ1) is 19.4. The van der Waals surface area contributed by atoms with E-state index in [1.165, 1.54) is 5.56 Å². The highest BCUT2D eigenvalue weighted by Crippen LogP contribution is 2.13. The highest BCUT2D eigenvalue weighted by Gasteiger charge is 2.20. The smallest absolute Gasteiger partial charge is 0.191 e. The summed E-state index contributed by atoms with van der Waals surface area (Å²) in [5.41, 5.74) is 2.27. The van der Waals surface area contributed by atoms with Gasteiger partial charge in [-0.2, -0.15) is 0 Å². The molecule has 3 heterocycles. The lowest BCUT2D eigenvalue weighted by Crippen LogP contribution is -2.48. The zero-order valence-electron chi connectivity index (χ0n) is 17.0. The standard InChI is InChI=1S/C22H29N7/c1-23-22(24-13-10-21-27-26-20-9-5-6-14-29(20)21)25-19-11-15-28(16-12-19)17-18-7-3-2-4-8-18/h2-9,14,19H,10-13,15-17H2,1H3,(H2,23,24,25). The lowest BCUT2D eigenvalue weighted by molar-refractivity contribution is 0.198. The van der Waals surface area contributed by atoms with Crippen LogP contribution in [0.5, 0.6) is 0 Å². The molecule has 0 saturated carbocycles. The van der Waals surface area contributed by atoms with Crippen LogP contribution in [0, 0.1) is 0 Å². The fraction of sp³-hybridized carbons (Fsp3) is 0.409. The second kappa shape index (κ2) is 9.52. The predicted octanol–water partition coefficient (Wildman–Crippen LogP) is 2.10. The van der Waals surface area contributed by atoms with Gasteiger partial charge in [0.15, 0.2) is 11.6 Å². The van der Waals surface area contributed by atoms with Crippen molar-refractivity contribution in [2.24, 2.45) is 4.99 Å². The van der Waals surface area contributed by atoms with Gasteiger partial charge in [-0.3, -0.25) is 14.3 Å². The zero-order chi connectivity index (χ0) is 19.9. The maximum atomic E-state index is 4.39. The van der Waals surface area contributed by atoms with E-state index < -0.39 is 0 Å². The van der Waals surface area contributed by atoms with Gasteiger partial charge >= 0.3 is 0 Å². The van der Waals surface area contributed by atoms with Crippen molar-refractivity contribution in [1.29, 1.82) is 0 Å². The molecule has 1 aliphatic rings. The van der Waals surface area contributed by atoms with Crippen molar-refractivity contribution in [3.8, 4) is 0 Å². The number of benzene rings is 1. The number of aliphatic imine (C=N–C) groups is 1. The number of fused-ring (bicyclic) bond motifs is 1. The van der Waals surface area contributed by atoms with E-state index in [0.29, 0.717) is 6.04 Å². The highest BCUT2D eigenvalue weighted by atomic mass is 15.3. The lowest BCUT2D eigenvalue weighted by atomic mass is 10.0. The summed E-state index contributed by atoms with van der Waals surface area (Å²) in [6.07, 6.45) is 5.05. The summed E-state index contributed by atoms with van der Waals surface area (Å²) in [6, 6.07) is 17.1.